The number of aromatic carboxylic acids is 1. The fourth-order valence-electron chi connectivity index (χ4n) is 1.98. The first-order valence-electron chi connectivity index (χ1n) is 6.23. The van der Waals surface area contributed by atoms with E-state index in [9.17, 15) is 13.2 Å². The fraction of sp³-hybridized carbons (Fsp3) is 0. The van der Waals surface area contributed by atoms with Crippen molar-refractivity contribution < 1.29 is 18.3 Å². The van der Waals surface area contributed by atoms with Crippen molar-refractivity contribution in [2.75, 3.05) is 4.72 Å². The Morgan fingerprint density at radius 1 is 1.26 bits per heavy atom. The van der Waals surface area contributed by atoms with Crippen LogP contribution in [0, 0.1) is 0 Å². The highest BCUT2D eigenvalue weighted by molar-refractivity contribution is 7.93. The summed E-state index contributed by atoms with van der Waals surface area (Å²) in [7, 11) is -3.96. The molecule has 0 radical (unpaired) electrons. The van der Waals surface area contributed by atoms with Gasteiger partial charge < -0.3 is 5.11 Å². The lowest BCUT2D eigenvalue weighted by atomic mass is 10.2. The number of benzene rings is 1. The fourth-order valence-corrected chi connectivity index (χ4v) is 3.34. The molecule has 0 saturated carbocycles. The van der Waals surface area contributed by atoms with Gasteiger partial charge in [0.05, 0.1) is 16.8 Å². The number of hydrogen-bond acceptors (Lipinski definition) is 5. The van der Waals surface area contributed by atoms with E-state index in [1.54, 1.807) is 12.1 Å². The van der Waals surface area contributed by atoms with E-state index in [2.05, 4.69) is 14.9 Å². The van der Waals surface area contributed by atoms with Gasteiger partial charge in [-0.1, -0.05) is 11.6 Å². The lowest BCUT2D eigenvalue weighted by Crippen LogP contribution is -2.13. The normalized spacial score (nSPS) is 11.5. The van der Waals surface area contributed by atoms with Crippen LogP contribution >= 0.6 is 11.6 Å². The predicted octanol–water partition coefficient (Wildman–Crippen LogP) is 1.88. The van der Waals surface area contributed by atoms with Gasteiger partial charge in [0.15, 0.2) is 0 Å². The average molecular weight is 353 g/mol. The Labute approximate surface area is 135 Å². The van der Waals surface area contributed by atoms with E-state index in [1.165, 1.54) is 29.2 Å². The number of aromatic nitrogens is 3. The van der Waals surface area contributed by atoms with E-state index in [4.69, 9.17) is 16.7 Å². The molecule has 2 heterocycles. The quantitative estimate of drug-likeness (QED) is 0.741. The van der Waals surface area contributed by atoms with Gasteiger partial charge in [0.1, 0.15) is 10.4 Å². The van der Waals surface area contributed by atoms with Crippen molar-refractivity contribution in [3.8, 4) is 0 Å². The summed E-state index contributed by atoms with van der Waals surface area (Å²) in [5.74, 6) is -1.25. The van der Waals surface area contributed by atoms with Gasteiger partial charge in [-0.05, 0) is 30.3 Å². The Morgan fingerprint density at radius 2 is 2.04 bits per heavy atom. The number of carboxylic acids is 1. The highest BCUT2D eigenvalue weighted by Crippen LogP contribution is 2.24. The first-order chi connectivity index (χ1) is 10.9. The molecule has 2 aromatic heterocycles. The summed E-state index contributed by atoms with van der Waals surface area (Å²) in [6.07, 6.45) is 2.64. The van der Waals surface area contributed by atoms with Gasteiger partial charge in [0.25, 0.3) is 10.0 Å². The maximum absolute atomic E-state index is 12.5. The number of hydrogen-bond donors (Lipinski definition) is 2. The van der Waals surface area contributed by atoms with Gasteiger partial charge >= 0.3 is 5.97 Å². The maximum atomic E-state index is 12.5. The van der Waals surface area contributed by atoms with E-state index >= 15 is 0 Å². The number of nitrogens with zero attached hydrogens (tertiary/aromatic N) is 3. The minimum atomic E-state index is -3.96. The number of halogens is 1. The molecule has 0 fully saturated rings. The molecule has 3 rings (SSSR count). The van der Waals surface area contributed by atoms with Crippen LogP contribution < -0.4 is 4.72 Å². The lowest BCUT2D eigenvalue weighted by molar-refractivity contribution is 0.0697. The van der Waals surface area contributed by atoms with Crippen molar-refractivity contribution in [2.45, 2.75) is 4.90 Å². The van der Waals surface area contributed by atoms with Gasteiger partial charge in [-0.15, -0.1) is 0 Å². The molecule has 2 N–H and O–H groups in total. The SMILES string of the molecule is O=C(O)c1cc(NS(=O)(=O)c2cnn3ncccc23)ccc1Cl. The molecular formula is C13H9ClN4O4S. The molecule has 0 spiro atoms. The van der Waals surface area contributed by atoms with Gasteiger partial charge in [-0.2, -0.15) is 14.8 Å². The Bertz CT molecular complexity index is 1020. The number of carbonyl (C=O) groups is 1. The highest BCUT2D eigenvalue weighted by Gasteiger charge is 2.21. The molecule has 0 amide bonds. The third-order valence-corrected chi connectivity index (χ3v) is 4.73. The summed E-state index contributed by atoms with van der Waals surface area (Å²) in [4.78, 5) is 11.0. The molecule has 1 aromatic carbocycles. The lowest BCUT2D eigenvalue weighted by Gasteiger charge is -2.08. The zero-order valence-corrected chi connectivity index (χ0v) is 12.9. The molecule has 118 valence electrons. The Morgan fingerprint density at radius 3 is 2.78 bits per heavy atom. The maximum Gasteiger partial charge on any atom is 0.337 e. The van der Waals surface area contributed by atoms with Gasteiger partial charge in [0.2, 0.25) is 0 Å². The van der Waals surface area contributed by atoms with Gasteiger partial charge in [0, 0.05) is 11.9 Å². The van der Waals surface area contributed by atoms with E-state index < -0.39 is 16.0 Å². The van der Waals surface area contributed by atoms with Crippen molar-refractivity contribution in [3.05, 3.63) is 53.3 Å². The highest BCUT2D eigenvalue weighted by atomic mass is 35.5. The molecule has 10 heteroatoms. The standard InChI is InChI=1S/C13H9ClN4O4S/c14-10-4-3-8(6-9(10)13(19)20)17-23(21,22)12-7-16-18-11(12)2-1-5-15-18/h1-7,17H,(H,19,20). The van der Waals surface area contributed by atoms with Crippen molar-refractivity contribution >= 4 is 38.8 Å². The average Bonchev–Trinajstić information content (AvgIpc) is 2.93. The molecule has 0 bridgehead atoms. The van der Waals surface area contributed by atoms with Crippen LogP contribution in [0.3, 0.4) is 0 Å². The summed E-state index contributed by atoms with van der Waals surface area (Å²) >= 11 is 5.76. The predicted molar refractivity (Wildman–Crippen MR) is 82.2 cm³/mol. The molecule has 8 nitrogen and oxygen atoms in total. The summed E-state index contributed by atoms with van der Waals surface area (Å²) in [5.41, 5.74) is 0.177. The molecular weight excluding hydrogens is 344 g/mol. The molecule has 0 unspecified atom stereocenters. The number of rotatable bonds is 4. The number of fused-ring (bicyclic) bond motifs is 1. The monoisotopic (exact) mass is 352 g/mol. The third kappa shape index (κ3) is 2.83. The van der Waals surface area contributed by atoms with Crippen molar-refractivity contribution in [1.82, 2.24) is 14.8 Å². The zero-order valence-electron chi connectivity index (χ0n) is 11.3. The minimum Gasteiger partial charge on any atom is -0.478 e. The van der Waals surface area contributed by atoms with Gasteiger partial charge in [-0.3, -0.25) is 4.72 Å². The molecule has 0 saturated heterocycles. The second-order valence-electron chi connectivity index (χ2n) is 4.51. The summed E-state index contributed by atoms with van der Waals surface area (Å²) < 4.78 is 28.4. The summed E-state index contributed by atoms with van der Waals surface area (Å²) in [6, 6.07) is 6.96. The number of sulfonamides is 1. The number of nitrogens with one attached hydrogen (secondary N) is 1. The number of carboxylic acid groups (broad SMARTS) is 1. The molecule has 3 aromatic rings. The molecule has 0 aliphatic heterocycles. The van der Waals surface area contributed by atoms with Crippen LogP contribution in [0.4, 0.5) is 5.69 Å². The Kier molecular flexibility index (Phi) is 3.66. The van der Waals surface area contributed by atoms with Crippen LogP contribution in [0.5, 0.6) is 0 Å². The smallest absolute Gasteiger partial charge is 0.337 e. The Balaban J connectivity index is 2.02. The van der Waals surface area contributed by atoms with Crippen molar-refractivity contribution in [2.24, 2.45) is 0 Å². The van der Waals surface area contributed by atoms with Crippen LogP contribution in [-0.2, 0) is 10.0 Å². The van der Waals surface area contributed by atoms with Crippen molar-refractivity contribution in [1.29, 1.82) is 0 Å². The van der Waals surface area contributed by atoms with Crippen molar-refractivity contribution in [3.63, 3.8) is 0 Å². The second-order valence-corrected chi connectivity index (χ2v) is 6.57. The second kappa shape index (κ2) is 5.52. The first-order valence-corrected chi connectivity index (χ1v) is 8.09. The topological polar surface area (TPSA) is 114 Å². The largest absolute Gasteiger partial charge is 0.478 e. The Hall–Kier alpha value is -2.65. The third-order valence-electron chi connectivity index (χ3n) is 3.01. The van der Waals surface area contributed by atoms with E-state index in [-0.39, 0.29) is 21.2 Å². The van der Waals surface area contributed by atoms with Crippen LogP contribution in [0.15, 0.2) is 47.6 Å². The minimum absolute atomic E-state index is 0.0145. The van der Waals surface area contributed by atoms with Crippen LogP contribution in [0.1, 0.15) is 10.4 Å². The zero-order chi connectivity index (χ0) is 16.6. The molecule has 0 aliphatic carbocycles. The molecule has 0 atom stereocenters. The first kappa shape index (κ1) is 15.3. The molecule has 23 heavy (non-hydrogen) atoms. The van der Waals surface area contributed by atoms with Gasteiger partial charge in [-0.25, -0.2) is 13.2 Å². The van der Waals surface area contributed by atoms with E-state index in [0.29, 0.717) is 5.52 Å². The van der Waals surface area contributed by atoms with Crippen LogP contribution in [-0.4, -0.2) is 34.3 Å². The number of anilines is 1. The molecule has 0 aliphatic rings. The summed E-state index contributed by atoms with van der Waals surface area (Å²) in [6.45, 7) is 0. The van der Waals surface area contributed by atoms with E-state index in [0.717, 1.165) is 6.07 Å². The van der Waals surface area contributed by atoms with E-state index in [1.807, 2.05) is 0 Å². The van der Waals surface area contributed by atoms with Crippen LogP contribution in [0.25, 0.3) is 5.52 Å². The summed E-state index contributed by atoms with van der Waals surface area (Å²) in [5, 5.41) is 16.8. The van der Waals surface area contributed by atoms with Crippen LogP contribution in [0.2, 0.25) is 5.02 Å².